The normalized spacial score (nSPS) is 1.00. The molecule has 0 aromatic carbocycles. The quantitative estimate of drug-likeness (QED) is 0.587. The van der Waals surface area contributed by atoms with Gasteiger partial charge >= 0.3 is 27.8 Å². The molecular formula is CoNiSW. The summed E-state index contributed by atoms with van der Waals surface area (Å²) in [6, 6.07) is 0. The van der Waals surface area contributed by atoms with Crippen LogP contribution in [0.2, 0.25) is 0 Å². The van der Waals surface area contributed by atoms with E-state index in [0.29, 0.717) is 0 Å². The van der Waals surface area contributed by atoms with Crippen molar-refractivity contribution in [3.05, 3.63) is 0 Å². The Bertz CT molecular complexity index is 8.00. The second-order valence-corrected chi connectivity index (χ2v) is 0. The van der Waals surface area contributed by atoms with E-state index in [0.717, 1.165) is 0 Å². The molecule has 4 heavy (non-hydrogen) atoms. The van der Waals surface area contributed by atoms with Crippen molar-refractivity contribution < 1.29 is 51.3 Å². The van der Waals surface area contributed by atoms with Crippen LogP contribution in [0, 0.1) is 0 Å². The average molecular weight is 334 g/mol. The summed E-state index contributed by atoms with van der Waals surface area (Å²) < 4.78 is 0. The summed E-state index contributed by atoms with van der Waals surface area (Å²) in [5.74, 6) is 0. The Morgan fingerprint density at radius 2 is 1.25 bits per heavy atom. The van der Waals surface area contributed by atoms with Crippen LogP contribution >= 0.6 is 9.82 Å². The summed E-state index contributed by atoms with van der Waals surface area (Å²) in [6.07, 6.45) is 0. The van der Waals surface area contributed by atoms with Gasteiger partial charge in [0.05, 0.1) is 0 Å². The van der Waals surface area contributed by atoms with Gasteiger partial charge in [-0.1, -0.05) is 0 Å². The van der Waals surface area contributed by atoms with E-state index in [1.54, 1.807) is 0 Å². The van der Waals surface area contributed by atoms with Crippen molar-refractivity contribution in [3.63, 3.8) is 0 Å². The van der Waals surface area contributed by atoms with E-state index in [9.17, 15) is 0 Å². The second kappa shape index (κ2) is 20.6. The molecule has 0 aliphatic heterocycles. The summed E-state index contributed by atoms with van der Waals surface area (Å²) >= 11 is 1.17. The first-order chi connectivity index (χ1) is 1.00. The van der Waals surface area contributed by atoms with Gasteiger partial charge in [-0.05, 0) is 0 Å². The molecule has 0 atom stereocenters. The monoisotopic (exact) mass is 333 g/mol. The zero-order valence-electron chi connectivity index (χ0n) is 1.47. The molecule has 31 valence electrons. The number of rotatable bonds is 0. The number of hydrogen-bond donors (Lipinski definition) is 0. The molecule has 0 saturated heterocycles. The second-order valence-electron chi connectivity index (χ2n) is 0. The predicted octanol–water partition coefficient (Wildman–Crippen LogP) is 0.641. The number of hydrogen-bond acceptors (Lipinski definition) is 1. The van der Waals surface area contributed by atoms with E-state index in [4.69, 9.17) is 0 Å². The SMILES string of the molecule is [Co].[Ni].[S]=[W]. The van der Waals surface area contributed by atoms with Crippen LogP contribution in [0.3, 0.4) is 0 Å². The van der Waals surface area contributed by atoms with Crippen molar-refractivity contribution in [1.29, 1.82) is 0 Å². The van der Waals surface area contributed by atoms with Gasteiger partial charge in [0.15, 0.2) is 0 Å². The first-order valence-corrected chi connectivity index (χ1v) is 4.09. The summed E-state index contributed by atoms with van der Waals surface area (Å²) in [5, 5.41) is 0. The third-order valence-electron chi connectivity index (χ3n) is 0. The Kier molecular flexibility index (Phi) is 86.6. The van der Waals surface area contributed by atoms with Gasteiger partial charge in [-0.2, -0.15) is 0 Å². The molecule has 0 N–H and O–H groups in total. The molecule has 1 radical (unpaired) electrons. The Hall–Kier alpha value is 1.91. The minimum absolute atomic E-state index is 0. The molecule has 0 rings (SSSR count). The molecule has 0 aromatic heterocycles. The fourth-order valence-electron chi connectivity index (χ4n) is 0. The van der Waals surface area contributed by atoms with Crippen LogP contribution in [-0.2, 0) is 51.3 Å². The van der Waals surface area contributed by atoms with Crippen LogP contribution in [-0.4, -0.2) is 0 Å². The topological polar surface area (TPSA) is 0 Å². The van der Waals surface area contributed by atoms with Crippen molar-refractivity contribution in [2.24, 2.45) is 0 Å². The van der Waals surface area contributed by atoms with E-state index in [-0.39, 0.29) is 33.3 Å². The zero-order valence-corrected chi connectivity index (χ0v) is 7.24. The molecule has 4 heteroatoms. The molecule has 0 fully saturated rings. The third kappa shape index (κ3) is 9.08. The summed E-state index contributed by atoms with van der Waals surface area (Å²) in [5.41, 5.74) is 0. The van der Waals surface area contributed by atoms with Gasteiger partial charge in [-0.15, -0.1) is 0 Å². The standard InChI is InChI=1S/Co.Ni.S.W. The van der Waals surface area contributed by atoms with Gasteiger partial charge in [-0.25, -0.2) is 0 Å². The van der Waals surface area contributed by atoms with Crippen LogP contribution in [0.5, 0.6) is 0 Å². The molecule has 0 nitrogen and oxygen atoms in total. The zero-order chi connectivity index (χ0) is 2.00. The minimum atomic E-state index is 0. The van der Waals surface area contributed by atoms with E-state index < -0.39 is 0 Å². The van der Waals surface area contributed by atoms with E-state index in [1.165, 1.54) is 18.0 Å². The molecule has 0 aliphatic carbocycles. The van der Waals surface area contributed by atoms with Crippen LogP contribution in [0.25, 0.3) is 0 Å². The molecule has 0 spiro atoms. The molecule has 0 aliphatic rings. The molecule has 0 aromatic rings. The summed E-state index contributed by atoms with van der Waals surface area (Å²) in [6.45, 7) is 0. The predicted molar refractivity (Wildman–Crippen MR) is 7.59 cm³/mol. The van der Waals surface area contributed by atoms with Crippen molar-refractivity contribution in [3.8, 4) is 0 Å². The van der Waals surface area contributed by atoms with Gasteiger partial charge in [-0.3, -0.25) is 0 Å². The van der Waals surface area contributed by atoms with Gasteiger partial charge in [0.2, 0.25) is 0 Å². The molecular weight excluding hydrogens is 334 g/mol. The average Bonchev–Trinajstić information content (AvgIpc) is 1.00. The van der Waals surface area contributed by atoms with E-state index >= 15 is 0 Å². The molecule has 0 bridgehead atoms. The van der Waals surface area contributed by atoms with Crippen LogP contribution in [0.15, 0.2) is 0 Å². The maximum absolute atomic E-state index is 4.17. The molecule has 0 unspecified atom stereocenters. The fraction of sp³-hybridized carbons (Fsp3) is 0. The Balaban J connectivity index is -0.00000000500. The fourth-order valence-corrected chi connectivity index (χ4v) is 0. The third-order valence-corrected chi connectivity index (χ3v) is 0. The van der Waals surface area contributed by atoms with Crippen LogP contribution in [0.1, 0.15) is 0 Å². The molecule has 0 saturated carbocycles. The van der Waals surface area contributed by atoms with Crippen LogP contribution < -0.4 is 0 Å². The summed E-state index contributed by atoms with van der Waals surface area (Å²) in [7, 11) is 4.17. The first-order valence-electron chi connectivity index (χ1n) is 0.167. The summed E-state index contributed by atoms with van der Waals surface area (Å²) in [4.78, 5) is 0. The van der Waals surface area contributed by atoms with Gasteiger partial charge in [0.25, 0.3) is 0 Å². The van der Waals surface area contributed by atoms with Crippen molar-refractivity contribution in [2.75, 3.05) is 0 Å². The van der Waals surface area contributed by atoms with Crippen molar-refractivity contribution >= 4 is 9.82 Å². The molecule has 0 heterocycles. The van der Waals surface area contributed by atoms with Crippen LogP contribution in [0.4, 0.5) is 0 Å². The van der Waals surface area contributed by atoms with E-state index in [2.05, 4.69) is 9.82 Å². The Morgan fingerprint density at radius 3 is 1.25 bits per heavy atom. The first kappa shape index (κ1) is 16.8. The maximum atomic E-state index is 4.17. The van der Waals surface area contributed by atoms with Gasteiger partial charge in [0.1, 0.15) is 0 Å². The molecule has 0 amide bonds. The van der Waals surface area contributed by atoms with E-state index in [1.807, 2.05) is 0 Å². The Morgan fingerprint density at radius 1 is 1.25 bits per heavy atom. The van der Waals surface area contributed by atoms with Gasteiger partial charge in [0, 0.05) is 33.3 Å². The van der Waals surface area contributed by atoms with Crippen molar-refractivity contribution in [1.82, 2.24) is 0 Å². The van der Waals surface area contributed by atoms with Crippen molar-refractivity contribution in [2.45, 2.75) is 0 Å². The van der Waals surface area contributed by atoms with Gasteiger partial charge < -0.3 is 0 Å². The Labute approximate surface area is 60.6 Å².